The van der Waals surface area contributed by atoms with Gasteiger partial charge in [-0.25, -0.2) is 17.3 Å². The number of hydrogen-bond acceptors (Lipinski definition) is 10. The van der Waals surface area contributed by atoms with Gasteiger partial charge in [0.2, 0.25) is 0 Å². The Balaban J connectivity index is 2.19. The van der Waals surface area contributed by atoms with E-state index >= 15 is 0 Å². The lowest BCUT2D eigenvalue weighted by Crippen LogP contribution is -2.07. The van der Waals surface area contributed by atoms with Crippen molar-refractivity contribution in [1.82, 2.24) is 0 Å². The zero-order chi connectivity index (χ0) is 25.7. The molecule has 0 aromatic rings. The summed E-state index contributed by atoms with van der Waals surface area (Å²) < 4.78 is 62.7. The van der Waals surface area contributed by atoms with Gasteiger partial charge in [-0.05, 0) is 41.5 Å². The van der Waals surface area contributed by atoms with Gasteiger partial charge in [-0.1, -0.05) is 70.6 Å². The van der Waals surface area contributed by atoms with Crippen LogP contribution >= 0.6 is 70.6 Å². The van der Waals surface area contributed by atoms with Gasteiger partial charge >= 0.3 is 14.9 Å². The Morgan fingerprint density at radius 2 is 1.00 bits per heavy atom. The molecular formula is C18H18B2F4O4S6. The van der Waals surface area contributed by atoms with Crippen LogP contribution in [0.2, 0.25) is 0 Å². The molecule has 2 aliphatic heterocycles. The van der Waals surface area contributed by atoms with Gasteiger partial charge in [-0.15, -0.1) is 0 Å². The van der Waals surface area contributed by atoms with E-state index in [1.54, 1.807) is 0 Å². The molecule has 2 heterocycles. The molecule has 0 spiro atoms. The molecule has 184 valence electrons. The highest BCUT2D eigenvalue weighted by Crippen LogP contribution is 2.64. The molecule has 0 aliphatic carbocycles. The van der Waals surface area contributed by atoms with Crippen molar-refractivity contribution in [3.63, 3.8) is 0 Å². The molecule has 16 heteroatoms. The van der Waals surface area contributed by atoms with Crippen LogP contribution in [-0.2, 0) is 18.9 Å². The second-order valence-electron chi connectivity index (χ2n) is 6.51. The number of ketones is 2. The molecule has 0 saturated heterocycles. The molecular weight excluding hydrogens is 570 g/mol. The van der Waals surface area contributed by atoms with Gasteiger partial charge in [0.1, 0.15) is 0 Å². The largest absolute Gasteiger partial charge is 0.796 e. The number of carbonyl (C=O) groups is 2. The topological polar surface area (TPSA) is 52.6 Å². The van der Waals surface area contributed by atoms with Crippen LogP contribution in [0.3, 0.4) is 0 Å². The summed E-state index contributed by atoms with van der Waals surface area (Å²) in [4.78, 5) is 26.0. The van der Waals surface area contributed by atoms with Crippen LogP contribution < -0.4 is 0 Å². The van der Waals surface area contributed by atoms with Gasteiger partial charge in [-0.3, -0.25) is 9.59 Å². The molecule has 0 N–H and O–H groups in total. The summed E-state index contributed by atoms with van der Waals surface area (Å²) in [6, 6.07) is 0. The highest BCUT2D eigenvalue weighted by atomic mass is 32.2. The van der Waals surface area contributed by atoms with Crippen LogP contribution in [-0.4, -0.2) is 26.5 Å². The van der Waals surface area contributed by atoms with E-state index in [1.165, 1.54) is 74.7 Å². The van der Waals surface area contributed by atoms with Crippen molar-refractivity contribution in [2.24, 2.45) is 0 Å². The third kappa shape index (κ3) is 8.32. The van der Waals surface area contributed by atoms with E-state index in [9.17, 15) is 26.9 Å². The first-order chi connectivity index (χ1) is 15.8. The quantitative estimate of drug-likeness (QED) is 0.108. The molecule has 0 fully saturated rings. The molecule has 0 amide bonds. The minimum atomic E-state index is -3.02. The maximum atomic E-state index is 12.6. The summed E-state index contributed by atoms with van der Waals surface area (Å²) in [5.41, 5.74) is 0. The summed E-state index contributed by atoms with van der Waals surface area (Å²) in [7, 11) is -6.04. The van der Waals surface area contributed by atoms with E-state index in [1.807, 2.05) is 13.8 Å². The number of rotatable bonds is 10. The summed E-state index contributed by atoms with van der Waals surface area (Å²) in [6.45, 7) is 8.99. The zero-order valence-electron chi connectivity index (χ0n) is 18.7. The molecule has 0 atom stereocenters. The number of thioether (sulfide) groups is 6. The molecule has 0 bridgehead atoms. The first-order valence-electron chi connectivity index (χ1n) is 9.36. The van der Waals surface area contributed by atoms with Crippen LogP contribution in [0, 0.1) is 0 Å². The standard InChI is InChI=1S/C18H18B2F4O4S6/c1-7(25)13(9(3)27-19(21)22)31-15-11(5)29-17(33-15)18-30-12(6)16(34-18)32-14(8(2)26)10(4)28-20(23)24/h1-6H3/b13-9-,14-10+,18-17+. The highest BCUT2D eigenvalue weighted by molar-refractivity contribution is 8.41. The predicted octanol–water partition coefficient (Wildman–Crippen LogP) is 8.44. The van der Waals surface area contributed by atoms with Gasteiger partial charge in [0.25, 0.3) is 0 Å². The monoisotopic (exact) mass is 588 g/mol. The predicted molar refractivity (Wildman–Crippen MR) is 143 cm³/mol. The Hall–Kier alpha value is -0.410. The Kier molecular flexibility index (Phi) is 11.6. The molecule has 0 aromatic heterocycles. The number of carbonyl (C=O) groups excluding carboxylic acids is 2. The smallest absolute Gasteiger partial charge is 0.508 e. The van der Waals surface area contributed by atoms with Gasteiger partial charge < -0.3 is 9.31 Å². The van der Waals surface area contributed by atoms with Crippen LogP contribution in [0.25, 0.3) is 0 Å². The summed E-state index contributed by atoms with van der Waals surface area (Å²) in [6.07, 6.45) is 0. The van der Waals surface area contributed by atoms with Gasteiger partial charge in [0, 0.05) is 9.81 Å². The lowest BCUT2D eigenvalue weighted by molar-refractivity contribution is -0.113. The van der Waals surface area contributed by atoms with E-state index < -0.39 is 14.9 Å². The lowest BCUT2D eigenvalue weighted by Gasteiger charge is -2.10. The van der Waals surface area contributed by atoms with Crippen molar-refractivity contribution < 1.29 is 36.2 Å². The first kappa shape index (κ1) is 29.8. The molecule has 0 aromatic carbocycles. The first-order valence-corrected chi connectivity index (χ1v) is 14.3. The van der Waals surface area contributed by atoms with Gasteiger partial charge in [-0.2, -0.15) is 0 Å². The Bertz CT molecular complexity index is 959. The minimum absolute atomic E-state index is 0.108. The van der Waals surface area contributed by atoms with Crippen molar-refractivity contribution in [3.05, 3.63) is 48.1 Å². The average molecular weight is 588 g/mol. The Morgan fingerprint density at radius 1 is 0.676 bits per heavy atom. The molecule has 0 unspecified atom stereocenters. The fourth-order valence-corrected chi connectivity index (χ4v) is 10.7. The van der Waals surface area contributed by atoms with Crippen molar-refractivity contribution in [1.29, 1.82) is 0 Å². The van der Waals surface area contributed by atoms with Crippen molar-refractivity contribution in [2.45, 2.75) is 41.5 Å². The number of hydrogen-bond donors (Lipinski definition) is 0. The van der Waals surface area contributed by atoms with E-state index in [4.69, 9.17) is 0 Å². The zero-order valence-corrected chi connectivity index (χ0v) is 23.6. The molecule has 0 radical (unpaired) electrons. The fraction of sp³-hybridized carbons (Fsp3) is 0.333. The van der Waals surface area contributed by atoms with Crippen LogP contribution in [0.15, 0.2) is 48.1 Å². The van der Waals surface area contributed by atoms with Crippen LogP contribution in [0.1, 0.15) is 41.5 Å². The van der Waals surface area contributed by atoms with Crippen LogP contribution in [0.5, 0.6) is 0 Å². The molecule has 4 nitrogen and oxygen atoms in total. The third-order valence-corrected chi connectivity index (χ3v) is 12.9. The molecule has 0 saturated carbocycles. The number of allylic oxidation sites excluding steroid dienone is 6. The van der Waals surface area contributed by atoms with Crippen molar-refractivity contribution in [3.8, 4) is 0 Å². The molecule has 2 aliphatic rings. The maximum absolute atomic E-state index is 12.6. The Morgan fingerprint density at radius 3 is 1.26 bits per heavy atom. The van der Waals surface area contributed by atoms with E-state index in [2.05, 4.69) is 9.31 Å². The molecule has 2 rings (SSSR count). The minimum Gasteiger partial charge on any atom is -0.508 e. The van der Waals surface area contributed by atoms with Gasteiger partial charge in [0.05, 0.1) is 38.3 Å². The summed E-state index contributed by atoms with van der Waals surface area (Å²) in [5, 5.41) is 0. The fourth-order valence-electron chi connectivity index (χ4n) is 2.41. The molecule has 34 heavy (non-hydrogen) atoms. The normalized spacial score (nSPS) is 19.8. The van der Waals surface area contributed by atoms with E-state index in [0.717, 1.165) is 50.3 Å². The van der Waals surface area contributed by atoms with E-state index in [-0.39, 0.29) is 32.9 Å². The average Bonchev–Trinajstić information content (AvgIpc) is 3.24. The number of Topliss-reactive ketones (excluding diaryl/α,β-unsaturated/α-hetero) is 2. The maximum Gasteiger partial charge on any atom is 0.796 e. The van der Waals surface area contributed by atoms with Crippen molar-refractivity contribution in [2.75, 3.05) is 0 Å². The third-order valence-electron chi connectivity index (χ3n) is 3.80. The van der Waals surface area contributed by atoms with E-state index in [0.29, 0.717) is 0 Å². The summed E-state index contributed by atoms with van der Waals surface area (Å²) in [5.74, 6) is -1.02. The number of halogens is 4. The SMILES string of the molecule is CC(=O)/C(SC1=C(C)S/C(=C2/SC(C)=C(S/C(C(C)=O)=C(\C)OB(F)F)S2)S1)=C(\C)OB(F)F. The second-order valence-corrected chi connectivity index (χ2v) is 14.1. The Labute approximate surface area is 221 Å². The van der Waals surface area contributed by atoms with Crippen LogP contribution in [0.4, 0.5) is 17.3 Å². The van der Waals surface area contributed by atoms with Gasteiger partial charge in [0.15, 0.2) is 11.6 Å². The summed E-state index contributed by atoms with van der Waals surface area (Å²) >= 11 is 8.00. The second kappa shape index (κ2) is 13.2. The lowest BCUT2D eigenvalue weighted by atomic mass is 10.3. The highest BCUT2D eigenvalue weighted by Gasteiger charge is 2.31. The van der Waals surface area contributed by atoms with Crippen molar-refractivity contribution >= 4 is 97.1 Å².